The van der Waals surface area contributed by atoms with Crippen LogP contribution >= 0.6 is 11.3 Å². The molecule has 0 spiro atoms. The van der Waals surface area contributed by atoms with Gasteiger partial charge >= 0.3 is 6.09 Å². The summed E-state index contributed by atoms with van der Waals surface area (Å²) in [6, 6.07) is 1.43. The maximum Gasteiger partial charge on any atom is 0.409 e. The Morgan fingerprint density at radius 2 is 1.81 bits per heavy atom. The number of ether oxygens (including phenoxy) is 1. The molecule has 1 aromatic heterocycles. The van der Waals surface area contributed by atoms with Crippen LogP contribution in [-0.4, -0.2) is 69.0 Å². The van der Waals surface area contributed by atoms with Crippen molar-refractivity contribution in [3.63, 3.8) is 0 Å². The zero-order chi connectivity index (χ0) is 19.4. The Morgan fingerprint density at radius 3 is 2.44 bits per heavy atom. The van der Waals surface area contributed by atoms with E-state index >= 15 is 0 Å². The molecule has 2 fully saturated rings. The average Bonchev–Trinajstić information content (AvgIpc) is 3.19. The largest absolute Gasteiger partial charge is 0.453 e. The quantitative estimate of drug-likeness (QED) is 0.810. The van der Waals surface area contributed by atoms with Crippen molar-refractivity contribution in [2.24, 2.45) is 0 Å². The first-order valence-corrected chi connectivity index (χ1v) is 11.5. The van der Waals surface area contributed by atoms with E-state index in [1.165, 1.54) is 17.5 Å². The normalized spacial score (nSPS) is 19.7. The first-order chi connectivity index (χ1) is 12.9. The number of nitrogens with zero attached hydrogens (tertiary/aromatic N) is 2. The van der Waals surface area contributed by atoms with Crippen LogP contribution in [0, 0.1) is 0 Å². The first kappa shape index (κ1) is 20.1. The third-order valence-corrected chi connectivity index (χ3v) is 8.01. The SMILES string of the molecule is COC(=O)N1CCC(NC(=O)c2sccc2S(=O)(=O)N2CCCCC2)CC1. The monoisotopic (exact) mass is 415 g/mol. The number of piperidine rings is 2. The highest BCUT2D eigenvalue weighted by molar-refractivity contribution is 7.89. The van der Waals surface area contributed by atoms with Crippen LogP contribution in [0.4, 0.5) is 4.79 Å². The van der Waals surface area contributed by atoms with Crippen LogP contribution in [0.3, 0.4) is 0 Å². The van der Waals surface area contributed by atoms with E-state index in [0.29, 0.717) is 39.0 Å². The maximum absolute atomic E-state index is 12.9. The molecule has 2 aliphatic heterocycles. The van der Waals surface area contributed by atoms with Crippen LogP contribution in [-0.2, 0) is 14.8 Å². The van der Waals surface area contributed by atoms with Gasteiger partial charge in [0, 0.05) is 32.2 Å². The fraction of sp³-hybridized carbons (Fsp3) is 0.647. The van der Waals surface area contributed by atoms with E-state index in [4.69, 9.17) is 4.74 Å². The van der Waals surface area contributed by atoms with Crippen LogP contribution in [0.2, 0.25) is 0 Å². The third-order valence-electron chi connectivity index (χ3n) is 5.03. The minimum absolute atomic E-state index is 0.0916. The smallest absolute Gasteiger partial charge is 0.409 e. The number of likely N-dealkylation sites (tertiary alicyclic amines) is 1. The lowest BCUT2D eigenvalue weighted by atomic mass is 10.1. The Bertz CT molecular complexity index is 778. The zero-order valence-electron chi connectivity index (χ0n) is 15.3. The molecular formula is C17H25N3O5S2. The van der Waals surface area contributed by atoms with Gasteiger partial charge < -0.3 is 15.0 Å². The Morgan fingerprint density at radius 1 is 1.15 bits per heavy atom. The number of methoxy groups -OCH3 is 1. The van der Waals surface area contributed by atoms with Crippen LogP contribution in [0.25, 0.3) is 0 Å². The highest BCUT2D eigenvalue weighted by Crippen LogP contribution is 2.27. The molecule has 2 amide bonds. The van der Waals surface area contributed by atoms with Gasteiger partial charge in [-0.25, -0.2) is 13.2 Å². The minimum atomic E-state index is -3.65. The third kappa shape index (κ3) is 4.44. The molecule has 10 heteroatoms. The van der Waals surface area contributed by atoms with Crippen LogP contribution in [0.5, 0.6) is 0 Å². The van der Waals surface area contributed by atoms with Crippen molar-refractivity contribution in [2.45, 2.75) is 43.0 Å². The molecule has 3 heterocycles. The Hall–Kier alpha value is -1.65. The van der Waals surface area contributed by atoms with E-state index in [-0.39, 0.29) is 27.8 Å². The van der Waals surface area contributed by atoms with Gasteiger partial charge in [0.2, 0.25) is 10.0 Å². The highest BCUT2D eigenvalue weighted by Gasteiger charge is 2.32. The summed E-state index contributed by atoms with van der Waals surface area (Å²) in [5, 5.41) is 4.57. The number of carbonyl (C=O) groups excluding carboxylic acids is 2. The standard InChI is InChI=1S/C17H25N3O5S2/c1-25-17(22)19-10-5-13(6-11-19)18-16(21)15-14(7-12-26-15)27(23,24)20-8-3-2-4-9-20/h7,12-13H,2-6,8-11H2,1H3,(H,18,21). The van der Waals surface area contributed by atoms with Crippen molar-refractivity contribution in [2.75, 3.05) is 33.3 Å². The summed E-state index contributed by atoms with van der Waals surface area (Å²) < 4.78 is 32.0. The second kappa shape index (κ2) is 8.57. The average molecular weight is 416 g/mol. The van der Waals surface area contributed by atoms with E-state index < -0.39 is 10.0 Å². The predicted molar refractivity (Wildman–Crippen MR) is 101 cm³/mol. The number of carbonyl (C=O) groups is 2. The van der Waals surface area contributed by atoms with Crippen molar-refractivity contribution in [3.8, 4) is 0 Å². The van der Waals surface area contributed by atoms with Gasteiger partial charge in [-0.15, -0.1) is 11.3 Å². The van der Waals surface area contributed by atoms with Crippen molar-refractivity contribution >= 4 is 33.4 Å². The summed E-state index contributed by atoms with van der Waals surface area (Å²) in [4.78, 5) is 26.2. The van der Waals surface area contributed by atoms with Gasteiger partial charge in [0.15, 0.2) is 0 Å². The fourth-order valence-electron chi connectivity index (χ4n) is 3.50. The van der Waals surface area contributed by atoms with E-state index in [2.05, 4.69) is 5.32 Å². The van der Waals surface area contributed by atoms with Crippen LogP contribution in [0.15, 0.2) is 16.3 Å². The lowest BCUT2D eigenvalue weighted by Gasteiger charge is -2.31. The molecule has 3 rings (SSSR count). The first-order valence-electron chi connectivity index (χ1n) is 9.15. The van der Waals surface area contributed by atoms with Crippen molar-refractivity contribution in [3.05, 3.63) is 16.3 Å². The molecule has 2 saturated heterocycles. The topological polar surface area (TPSA) is 96.0 Å². The summed E-state index contributed by atoms with van der Waals surface area (Å²) >= 11 is 1.14. The summed E-state index contributed by atoms with van der Waals surface area (Å²) in [5.41, 5.74) is 0. The highest BCUT2D eigenvalue weighted by atomic mass is 32.2. The summed E-state index contributed by atoms with van der Waals surface area (Å²) in [6.07, 6.45) is 3.59. The predicted octanol–water partition coefficient (Wildman–Crippen LogP) is 1.88. The van der Waals surface area contributed by atoms with E-state index in [9.17, 15) is 18.0 Å². The number of hydrogen-bond acceptors (Lipinski definition) is 6. The van der Waals surface area contributed by atoms with E-state index in [0.717, 1.165) is 30.6 Å². The Labute approximate surface area is 163 Å². The van der Waals surface area contributed by atoms with Gasteiger partial charge in [0.05, 0.1) is 7.11 Å². The number of nitrogens with one attached hydrogen (secondary N) is 1. The van der Waals surface area contributed by atoms with Gasteiger partial charge in [0.1, 0.15) is 9.77 Å². The van der Waals surface area contributed by atoms with Gasteiger partial charge in [-0.3, -0.25) is 4.79 Å². The number of amides is 2. The number of thiophene rings is 1. The van der Waals surface area contributed by atoms with E-state index in [1.807, 2.05) is 0 Å². The van der Waals surface area contributed by atoms with Crippen molar-refractivity contribution in [1.82, 2.24) is 14.5 Å². The molecule has 1 N–H and O–H groups in total. The summed E-state index contributed by atoms with van der Waals surface area (Å²) in [5.74, 6) is -0.364. The Balaban J connectivity index is 1.65. The second-order valence-electron chi connectivity index (χ2n) is 6.78. The van der Waals surface area contributed by atoms with Crippen LogP contribution < -0.4 is 5.32 Å². The Kier molecular flexibility index (Phi) is 6.38. The summed E-state index contributed by atoms with van der Waals surface area (Å²) in [7, 11) is -2.30. The zero-order valence-corrected chi connectivity index (χ0v) is 17.0. The molecule has 0 radical (unpaired) electrons. The van der Waals surface area contributed by atoms with Crippen LogP contribution in [0.1, 0.15) is 41.8 Å². The molecule has 2 aliphatic rings. The van der Waals surface area contributed by atoms with Gasteiger partial charge in [0.25, 0.3) is 5.91 Å². The molecule has 0 bridgehead atoms. The summed E-state index contributed by atoms with van der Waals surface area (Å²) in [6.45, 7) is 2.01. The lowest BCUT2D eigenvalue weighted by Crippen LogP contribution is -2.46. The fourth-order valence-corrected chi connectivity index (χ4v) is 6.32. The van der Waals surface area contributed by atoms with Gasteiger partial charge in [-0.05, 0) is 37.1 Å². The van der Waals surface area contributed by atoms with Gasteiger partial charge in [-0.2, -0.15) is 4.31 Å². The molecule has 0 aliphatic carbocycles. The number of rotatable bonds is 4. The number of hydrogen-bond donors (Lipinski definition) is 1. The van der Waals surface area contributed by atoms with E-state index in [1.54, 1.807) is 10.3 Å². The molecule has 27 heavy (non-hydrogen) atoms. The number of sulfonamides is 1. The molecule has 0 saturated carbocycles. The lowest BCUT2D eigenvalue weighted by molar-refractivity contribution is 0.0893. The maximum atomic E-state index is 12.9. The second-order valence-corrected chi connectivity index (χ2v) is 9.61. The molecule has 0 aromatic carbocycles. The van der Waals surface area contributed by atoms with Crippen molar-refractivity contribution in [1.29, 1.82) is 0 Å². The minimum Gasteiger partial charge on any atom is -0.453 e. The molecule has 0 atom stereocenters. The molecule has 150 valence electrons. The molecule has 8 nitrogen and oxygen atoms in total. The molecular weight excluding hydrogens is 390 g/mol. The van der Waals surface area contributed by atoms with Gasteiger partial charge in [-0.1, -0.05) is 6.42 Å². The van der Waals surface area contributed by atoms with Crippen molar-refractivity contribution < 1.29 is 22.7 Å². The molecule has 0 unspecified atom stereocenters. The molecule has 1 aromatic rings.